The molecule has 0 aromatic carbocycles. The molecule has 2 fully saturated rings. The van der Waals surface area contributed by atoms with E-state index < -0.39 is 23.1 Å². The highest BCUT2D eigenvalue weighted by atomic mass is 19.1. The van der Waals surface area contributed by atoms with E-state index in [9.17, 15) is 9.18 Å². The first-order valence-electron chi connectivity index (χ1n) is 7.96. The van der Waals surface area contributed by atoms with Crippen LogP contribution in [0.15, 0.2) is 6.20 Å². The number of ether oxygens (including phenoxy) is 1. The zero-order valence-electron chi connectivity index (χ0n) is 14.2. The maximum atomic E-state index is 14.3. The van der Waals surface area contributed by atoms with E-state index in [0.717, 1.165) is 6.20 Å². The summed E-state index contributed by atoms with van der Waals surface area (Å²) in [6, 6.07) is 0.225. The van der Waals surface area contributed by atoms with Gasteiger partial charge in [-0.15, -0.1) is 0 Å². The average Bonchev–Trinajstić information content (AvgIpc) is 3.23. The summed E-state index contributed by atoms with van der Waals surface area (Å²) >= 11 is 0. The maximum absolute atomic E-state index is 14.3. The Hall–Kier alpha value is -1.92. The Balaban J connectivity index is 1.94. The summed E-state index contributed by atoms with van der Waals surface area (Å²) in [5.74, 6) is 0.247. The van der Waals surface area contributed by atoms with Crippen LogP contribution >= 0.6 is 0 Å². The minimum absolute atomic E-state index is 0.0499. The summed E-state index contributed by atoms with van der Waals surface area (Å²) in [5.41, 5.74) is -1.49. The fourth-order valence-electron chi connectivity index (χ4n) is 2.74. The van der Waals surface area contributed by atoms with Crippen molar-refractivity contribution < 1.29 is 13.9 Å². The molecule has 1 amide bonds. The fraction of sp³-hybridized carbons (Fsp3) is 0.688. The number of carbonyl (C=O) groups is 1. The molecule has 126 valence electrons. The second kappa shape index (κ2) is 5.04. The Morgan fingerprint density at radius 2 is 2.04 bits per heavy atom. The summed E-state index contributed by atoms with van der Waals surface area (Å²) in [4.78, 5) is 21.8. The van der Waals surface area contributed by atoms with Gasteiger partial charge in [0.1, 0.15) is 5.60 Å². The monoisotopic (exact) mass is 322 g/mol. The van der Waals surface area contributed by atoms with E-state index in [1.165, 1.54) is 17.7 Å². The molecular weight excluding hydrogens is 299 g/mol. The number of rotatable bonds is 4. The Morgan fingerprint density at radius 1 is 1.39 bits per heavy atom. The molecule has 23 heavy (non-hydrogen) atoms. The number of hydrogen-bond acceptors (Lipinski definition) is 5. The van der Waals surface area contributed by atoms with Gasteiger partial charge in [0, 0.05) is 6.04 Å². The fourth-order valence-corrected chi connectivity index (χ4v) is 2.74. The molecule has 7 heteroatoms. The van der Waals surface area contributed by atoms with E-state index in [4.69, 9.17) is 4.74 Å². The van der Waals surface area contributed by atoms with E-state index in [-0.39, 0.29) is 11.9 Å². The predicted molar refractivity (Wildman–Crippen MR) is 84.9 cm³/mol. The molecule has 1 aromatic rings. The minimum Gasteiger partial charge on any atom is -0.441 e. The van der Waals surface area contributed by atoms with Gasteiger partial charge in [0.25, 0.3) is 0 Å². The van der Waals surface area contributed by atoms with Gasteiger partial charge in [-0.3, -0.25) is 0 Å². The van der Waals surface area contributed by atoms with Crippen molar-refractivity contribution in [2.75, 3.05) is 10.2 Å². The molecule has 0 spiro atoms. The number of nitrogens with one attached hydrogen (secondary N) is 1. The van der Waals surface area contributed by atoms with E-state index in [1.807, 2.05) is 13.8 Å². The summed E-state index contributed by atoms with van der Waals surface area (Å²) in [6.07, 6.45) is 2.86. The Morgan fingerprint density at radius 3 is 2.57 bits per heavy atom. The number of carbonyl (C=O) groups excluding carboxylic acids is 1. The lowest BCUT2D eigenvalue weighted by Gasteiger charge is -2.36. The van der Waals surface area contributed by atoms with Crippen molar-refractivity contribution in [3.05, 3.63) is 12.0 Å². The van der Waals surface area contributed by atoms with E-state index in [2.05, 4.69) is 22.2 Å². The molecule has 6 nitrogen and oxygen atoms in total. The van der Waals surface area contributed by atoms with Crippen LogP contribution in [0.2, 0.25) is 0 Å². The molecule has 2 aliphatic rings. The molecule has 3 rings (SSSR count). The normalized spacial score (nSPS) is 23.6. The van der Waals surface area contributed by atoms with Crippen LogP contribution in [-0.2, 0) is 4.74 Å². The third kappa shape index (κ3) is 2.62. The first-order chi connectivity index (χ1) is 10.6. The summed E-state index contributed by atoms with van der Waals surface area (Å²) in [7, 11) is 0. The van der Waals surface area contributed by atoms with E-state index in [0.29, 0.717) is 11.9 Å². The lowest BCUT2D eigenvalue weighted by Crippen LogP contribution is -2.51. The predicted octanol–water partition coefficient (Wildman–Crippen LogP) is 3.34. The van der Waals surface area contributed by atoms with Crippen LogP contribution in [0.3, 0.4) is 0 Å². The van der Waals surface area contributed by atoms with Crippen molar-refractivity contribution in [3.63, 3.8) is 0 Å². The number of cyclic esters (lactones) is 1. The lowest BCUT2D eigenvalue weighted by atomic mass is 9.85. The smallest absolute Gasteiger partial charge is 0.416 e. The Bertz CT molecular complexity index is 643. The molecule has 1 N–H and O–H groups in total. The summed E-state index contributed by atoms with van der Waals surface area (Å²) in [5, 5.41) is 3.19. The Kier molecular flexibility index (Phi) is 3.50. The molecule has 0 radical (unpaired) electrons. The third-order valence-corrected chi connectivity index (χ3v) is 5.18. The molecule has 0 bridgehead atoms. The van der Waals surface area contributed by atoms with Crippen LogP contribution in [0.1, 0.15) is 47.5 Å². The van der Waals surface area contributed by atoms with Gasteiger partial charge in [-0.05, 0) is 53.4 Å². The summed E-state index contributed by atoms with van der Waals surface area (Å²) < 4.78 is 19.7. The average molecular weight is 322 g/mol. The standard InChI is InChI=1S/C16H23FN4O2/c1-9(10-6-7-10)19-13-18-8-11(17)12(20-13)21-14(22)23-16(4,5)15(21,2)3/h8-10H,6-7H2,1-5H3,(H,18,19,20)/t9-/m0/s1. The number of anilines is 2. The van der Waals surface area contributed by atoms with Crippen LogP contribution < -0.4 is 10.2 Å². The van der Waals surface area contributed by atoms with Gasteiger partial charge in [0.2, 0.25) is 5.95 Å². The van der Waals surface area contributed by atoms with Crippen molar-refractivity contribution >= 4 is 17.9 Å². The highest BCUT2D eigenvalue weighted by molar-refractivity contribution is 5.91. The van der Waals surface area contributed by atoms with Crippen molar-refractivity contribution in [2.24, 2.45) is 5.92 Å². The highest BCUT2D eigenvalue weighted by Crippen LogP contribution is 2.42. The van der Waals surface area contributed by atoms with Gasteiger partial charge < -0.3 is 10.1 Å². The molecule has 1 saturated heterocycles. The van der Waals surface area contributed by atoms with Gasteiger partial charge in [-0.2, -0.15) is 4.98 Å². The molecular formula is C16H23FN4O2. The quantitative estimate of drug-likeness (QED) is 0.921. The Labute approximate surface area is 135 Å². The van der Waals surface area contributed by atoms with Crippen molar-refractivity contribution in [1.29, 1.82) is 0 Å². The molecule has 1 aliphatic carbocycles. The third-order valence-electron chi connectivity index (χ3n) is 5.18. The second-order valence-corrected chi connectivity index (χ2v) is 7.41. The molecule has 1 saturated carbocycles. The van der Waals surface area contributed by atoms with Gasteiger partial charge >= 0.3 is 6.09 Å². The van der Waals surface area contributed by atoms with Crippen LogP contribution in [-0.4, -0.2) is 33.2 Å². The first kappa shape index (κ1) is 16.0. The number of nitrogens with zero attached hydrogens (tertiary/aromatic N) is 3. The van der Waals surface area contributed by atoms with Crippen LogP contribution in [0.4, 0.5) is 21.0 Å². The highest BCUT2D eigenvalue weighted by Gasteiger charge is 2.56. The van der Waals surface area contributed by atoms with Crippen LogP contribution in [0.5, 0.6) is 0 Å². The maximum Gasteiger partial charge on any atom is 0.416 e. The van der Waals surface area contributed by atoms with Crippen molar-refractivity contribution in [1.82, 2.24) is 9.97 Å². The number of halogens is 1. The summed E-state index contributed by atoms with van der Waals surface area (Å²) in [6.45, 7) is 9.33. The minimum atomic E-state index is -0.754. The van der Waals surface area contributed by atoms with Crippen molar-refractivity contribution in [3.8, 4) is 0 Å². The van der Waals surface area contributed by atoms with E-state index >= 15 is 0 Å². The molecule has 0 unspecified atom stereocenters. The second-order valence-electron chi connectivity index (χ2n) is 7.41. The lowest BCUT2D eigenvalue weighted by molar-refractivity contribution is 0.0458. The van der Waals surface area contributed by atoms with Crippen molar-refractivity contribution in [2.45, 2.75) is 64.6 Å². The zero-order chi connectivity index (χ0) is 17.0. The van der Waals surface area contributed by atoms with Gasteiger partial charge in [0.05, 0.1) is 11.7 Å². The number of aromatic nitrogens is 2. The molecule has 1 aliphatic heterocycles. The first-order valence-corrected chi connectivity index (χ1v) is 7.96. The number of amides is 1. The topological polar surface area (TPSA) is 67.4 Å². The SMILES string of the molecule is C[C@H](Nc1ncc(F)c(N2C(=O)OC(C)(C)C2(C)C)n1)C1CC1. The largest absolute Gasteiger partial charge is 0.441 e. The zero-order valence-corrected chi connectivity index (χ0v) is 14.2. The van der Waals surface area contributed by atoms with Gasteiger partial charge in [0.15, 0.2) is 11.6 Å². The molecule has 1 aromatic heterocycles. The van der Waals surface area contributed by atoms with E-state index in [1.54, 1.807) is 13.8 Å². The number of hydrogen-bond donors (Lipinski definition) is 1. The van der Waals surface area contributed by atoms with Crippen LogP contribution in [0.25, 0.3) is 0 Å². The van der Waals surface area contributed by atoms with Crippen LogP contribution in [0, 0.1) is 11.7 Å². The molecule has 1 atom stereocenters. The van der Waals surface area contributed by atoms with Gasteiger partial charge in [-0.1, -0.05) is 0 Å². The van der Waals surface area contributed by atoms with Gasteiger partial charge in [-0.25, -0.2) is 19.1 Å². The molecule has 2 heterocycles.